The Hall–Kier alpha value is -1.84. The Kier molecular flexibility index (Phi) is 4.99. The number of nitrogens with zero attached hydrogens (tertiary/aromatic N) is 1. The lowest BCUT2D eigenvalue weighted by Gasteiger charge is -2.26. The molecule has 1 unspecified atom stereocenters. The van der Waals surface area contributed by atoms with Gasteiger partial charge < -0.3 is 5.73 Å². The van der Waals surface area contributed by atoms with Crippen LogP contribution in [0.5, 0.6) is 0 Å². The third-order valence-corrected chi connectivity index (χ3v) is 4.09. The van der Waals surface area contributed by atoms with Gasteiger partial charge in [-0.2, -0.15) is 0 Å². The van der Waals surface area contributed by atoms with Crippen LogP contribution in [0, 0.1) is 5.41 Å². The van der Waals surface area contributed by atoms with Gasteiger partial charge in [-0.05, 0) is 31.2 Å². The molecule has 0 saturated heterocycles. The number of amidine groups is 1. The molecule has 0 heterocycles. The lowest BCUT2D eigenvalue weighted by Crippen LogP contribution is -2.24. The van der Waals surface area contributed by atoms with Crippen molar-refractivity contribution in [3.63, 3.8) is 0 Å². The number of nitrogen functional groups attached to an aromatic ring is 1. The van der Waals surface area contributed by atoms with E-state index in [0.29, 0.717) is 6.54 Å². The second-order valence-electron chi connectivity index (χ2n) is 5.18. The lowest BCUT2D eigenvalue weighted by molar-refractivity contribution is 0.253. The molecule has 0 amide bonds. The minimum atomic E-state index is 0.101. The molecule has 110 valence electrons. The summed E-state index contributed by atoms with van der Waals surface area (Å²) in [5.41, 5.74) is 8.58. The van der Waals surface area contributed by atoms with E-state index in [4.69, 9.17) is 22.7 Å². The van der Waals surface area contributed by atoms with E-state index >= 15 is 0 Å². The Balaban J connectivity index is 2.20. The summed E-state index contributed by atoms with van der Waals surface area (Å²) in [4.78, 5) is 2.20. The molecule has 3 nitrogen and oxygen atoms in total. The van der Waals surface area contributed by atoms with E-state index in [1.807, 2.05) is 55.6 Å². The van der Waals surface area contributed by atoms with Crippen molar-refractivity contribution in [2.45, 2.75) is 19.5 Å². The first-order valence-electron chi connectivity index (χ1n) is 6.87. The molecule has 4 heteroatoms. The van der Waals surface area contributed by atoms with Crippen LogP contribution in [0.1, 0.15) is 29.7 Å². The fourth-order valence-corrected chi connectivity index (χ4v) is 2.67. The Morgan fingerprint density at radius 3 is 2.48 bits per heavy atom. The number of nitrogens with one attached hydrogen (secondary N) is 1. The van der Waals surface area contributed by atoms with Gasteiger partial charge in [0.25, 0.3) is 0 Å². The van der Waals surface area contributed by atoms with Crippen molar-refractivity contribution in [3.8, 4) is 0 Å². The van der Waals surface area contributed by atoms with Crippen molar-refractivity contribution in [1.29, 1.82) is 5.41 Å². The third kappa shape index (κ3) is 3.63. The second-order valence-corrected chi connectivity index (χ2v) is 5.59. The maximum absolute atomic E-state index is 7.66. The fraction of sp³-hybridized carbons (Fsp3) is 0.235. The number of hydrogen-bond acceptors (Lipinski definition) is 2. The van der Waals surface area contributed by atoms with Gasteiger partial charge in [-0.1, -0.05) is 54.1 Å². The molecule has 2 aromatic carbocycles. The smallest absolute Gasteiger partial charge is 0.123 e. The van der Waals surface area contributed by atoms with Crippen LogP contribution < -0.4 is 5.73 Å². The number of hydrogen-bond donors (Lipinski definition) is 2. The van der Waals surface area contributed by atoms with Gasteiger partial charge in [0, 0.05) is 23.2 Å². The van der Waals surface area contributed by atoms with E-state index in [-0.39, 0.29) is 11.9 Å². The summed E-state index contributed by atoms with van der Waals surface area (Å²) < 4.78 is 0. The van der Waals surface area contributed by atoms with E-state index in [1.165, 1.54) is 0 Å². The van der Waals surface area contributed by atoms with Crippen LogP contribution in [-0.4, -0.2) is 17.8 Å². The second kappa shape index (κ2) is 6.74. The minimum absolute atomic E-state index is 0.101. The highest BCUT2D eigenvalue weighted by Crippen LogP contribution is 2.27. The number of halogens is 1. The molecular weight excluding hydrogens is 282 g/mol. The monoisotopic (exact) mass is 301 g/mol. The summed E-state index contributed by atoms with van der Waals surface area (Å²) in [6.45, 7) is 2.83. The van der Waals surface area contributed by atoms with Crippen LogP contribution in [0.4, 0.5) is 0 Å². The van der Waals surface area contributed by atoms with Crippen LogP contribution in [0.2, 0.25) is 5.02 Å². The zero-order valence-electron chi connectivity index (χ0n) is 12.3. The molecule has 0 aromatic heterocycles. The van der Waals surface area contributed by atoms with Gasteiger partial charge in [0.1, 0.15) is 5.84 Å². The third-order valence-electron chi connectivity index (χ3n) is 3.74. The van der Waals surface area contributed by atoms with E-state index in [2.05, 4.69) is 11.8 Å². The molecule has 0 aliphatic heterocycles. The van der Waals surface area contributed by atoms with Crippen molar-refractivity contribution in [1.82, 2.24) is 4.90 Å². The zero-order valence-corrected chi connectivity index (χ0v) is 13.1. The zero-order chi connectivity index (χ0) is 15.4. The molecule has 2 rings (SSSR count). The molecule has 2 aromatic rings. The first-order valence-corrected chi connectivity index (χ1v) is 7.25. The van der Waals surface area contributed by atoms with Gasteiger partial charge in [-0.25, -0.2) is 0 Å². The van der Waals surface area contributed by atoms with Gasteiger partial charge in [0.05, 0.1) is 0 Å². The first kappa shape index (κ1) is 15.5. The van der Waals surface area contributed by atoms with Gasteiger partial charge in [0.2, 0.25) is 0 Å². The lowest BCUT2D eigenvalue weighted by atomic mass is 10.0. The van der Waals surface area contributed by atoms with Crippen LogP contribution >= 0.6 is 11.6 Å². The Labute approximate surface area is 130 Å². The Morgan fingerprint density at radius 2 is 1.81 bits per heavy atom. The van der Waals surface area contributed by atoms with Crippen LogP contribution in [-0.2, 0) is 6.54 Å². The van der Waals surface area contributed by atoms with Crippen molar-refractivity contribution >= 4 is 17.4 Å². The molecule has 21 heavy (non-hydrogen) atoms. The largest absolute Gasteiger partial charge is 0.384 e. The maximum Gasteiger partial charge on any atom is 0.123 e. The molecule has 1 atom stereocenters. The van der Waals surface area contributed by atoms with Crippen molar-refractivity contribution in [2.24, 2.45) is 5.73 Å². The average molecular weight is 302 g/mol. The standard InChI is InChI=1S/C17H20ClN3/c1-12(14-8-5-6-10-16(14)18)21(2)11-13-7-3-4-9-15(13)17(19)20/h3-10,12H,11H2,1-2H3,(H3,19,20). The molecule has 0 bridgehead atoms. The molecule has 3 N–H and O–H groups in total. The Morgan fingerprint density at radius 1 is 1.19 bits per heavy atom. The highest BCUT2D eigenvalue weighted by molar-refractivity contribution is 6.31. The maximum atomic E-state index is 7.66. The Bertz CT molecular complexity index is 639. The molecule has 0 aliphatic rings. The highest BCUT2D eigenvalue weighted by Gasteiger charge is 2.16. The topological polar surface area (TPSA) is 53.1 Å². The average Bonchev–Trinajstić information content (AvgIpc) is 2.47. The molecular formula is C17H20ClN3. The summed E-state index contributed by atoms with van der Waals surface area (Å²) in [6, 6.07) is 15.8. The van der Waals surface area contributed by atoms with Gasteiger partial charge >= 0.3 is 0 Å². The molecule has 0 radical (unpaired) electrons. The van der Waals surface area contributed by atoms with E-state index in [0.717, 1.165) is 21.7 Å². The number of benzene rings is 2. The van der Waals surface area contributed by atoms with Gasteiger partial charge in [0.15, 0.2) is 0 Å². The van der Waals surface area contributed by atoms with Crippen molar-refractivity contribution in [3.05, 3.63) is 70.2 Å². The quantitative estimate of drug-likeness (QED) is 0.651. The number of nitrogens with two attached hydrogens (primary N) is 1. The molecule has 0 aliphatic carbocycles. The predicted molar refractivity (Wildman–Crippen MR) is 88.8 cm³/mol. The van der Waals surface area contributed by atoms with Crippen molar-refractivity contribution in [2.75, 3.05) is 7.05 Å². The van der Waals surface area contributed by atoms with Gasteiger partial charge in [-0.15, -0.1) is 0 Å². The molecule has 0 spiro atoms. The summed E-state index contributed by atoms with van der Waals surface area (Å²) in [7, 11) is 2.05. The van der Waals surface area contributed by atoms with Crippen LogP contribution in [0.15, 0.2) is 48.5 Å². The minimum Gasteiger partial charge on any atom is -0.384 e. The molecule has 0 saturated carbocycles. The molecule has 0 fully saturated rings. The van der Waals surface area contributed by atoms with Crippen LogP contribution in [0.3, 0.4) is 0 Å². The van der Waals surface area contributed by atoms with E-state index in [1.54, 1.807) is 0 Å². The summed E-state index contributed by atoms with van der Waals surface area (Å²) in [6.07, 6.45) is 0. The normalized spacial score (nSPS) is 12.4. The highest BCUT2D eigenvalue weighted by atomic mass is 35.5. The fourth-order valence-electron chi connectivity index (χ4n) is 2.38. The SMILES string of the molecule is CC(c1ccccc1Cl)N(C)Cc1ccccc1C(=N)N. The van der Waals surface area contributed by atoms with Gasteiger partial charge in [-0.3, -0.25) is 10.3 Å². The number of rotatable bonds is 5. The van der Waals surface area contributed by atoms with Crippen LogP contribution in [0.25, 0.3) is 0 Å². The summed E-state index contributed by atoms with van der Waals surface area (Å²) >= 11 is 6.27. The summed E-state index contributed by atoms with van der Waals surface area (Å²) in [5, 5.41) is 8.44. The predicted octanol–water partition coefficient (Wildman–Crippen LogP) is 3.82. The summed E-state index contributed by atoms with van der Waals surface area (Å²) in [5.74, 6) is 0.101. The van der Waals surface area contributed by atoms with E-state index in [9.17, 15) is 0 Å². The van der Waals surface area contributed by atoms with Crippen molar-refractivity contribution < 1.29 is 0 Å². The first-order chi connectivity index (χ1) is 10.0. The van der Waals surface area contributed by atoms with E-state index < -0.39 is 0 Å².